The Morgan fingerprint density at radius 3 is 2.24 bits per heavy atom. The van der Waals surface area contributed by atoms with E-state index < -0.39 is 15.6 Å². The number of benzene rings is 4. The number of hydrogen-bond acceptors (Lipinski definition) is 4. The maximum absolute atomic E-state index is 13.7. The van der Waals surface area contributed by atoms with Crippen LogP contribution in [0.1, 0.15) is 61.1 Å². The van der Waals surface area contributed by atoms with E-state index in [1.54, 1.807) is 11.4 Å². The molecule has 1 aliphatic heterocycles. The van der Waals surface area contributed by atoms with E-state index in [-0.39, 0.29) is 11.8 Å². The summed E-state index contributed by atoms with van der Waals surface area (Å²) in [6.07, 6.45) is 6.67. The minimum absolute atomic E-state index is 0.0163. The van der Waals surface area contributed by atoms with E-state index in [1.165, 1.54) is 11.1 Å². The summed E-state index contributed by atoms with van der Waals surface area (Å²) in [7, 11) is -1.63. The molecule has 5 nitrogen and oxygen atoms in total. The predicted octanol–water partition coefficient (Wildman–Crippen LogP) is 7.06. The van der Waals surface area contributed by atoms with Gasteiger partial charge in [-0.05, 0) is 90.7 Å². The topological polar surface area (TPSA) is 60.9 Å². The van der Waals surface area contributed by atoms with Gasteiger partial charge in [0.1, 0.15) is 0 Å². The van der Waals surface area contributed by atoms with Gasteiger partial charge in [-0.25, -0.2) is 12.7 Å². The normalized spacial score (nSPS) is 22.2. The van der Waals surface area contributed by atoms with Crippen LogP contribution in [0.2, 0.25) is 0 Å². The van der Waals surface area contributed by atoms with Crippen LogP contribution in [0.25, 0.3) is 10.8 Å². The van der Waals surface area contributed by atoms with Crippen LogP contribution in [0.5, 0.6) is 0 Å². The van der Waals surface area contributed by atoms with Gasteiger partial charge in [-0.2, -0.15) is 0 Å². The van der Waals surface area contributed by atoms with Gasteiger partial charge in [0.25, 0.3) is 0 Å². The van der Waals surface area contributed by atoms with E-state index in [1.807, 2.05) is 24.3 Å². The van der Waals surface area contributed by atoms with Crippen LogP contribution in [0.15, 0.2) is 103 Å². The number of likely N-dealkylation sites (tertiary alicyclic amines) is 1. The fourth-order valence-electron chi connectivity index (χ4n) is 7.82. The Balaban J connectivity index is 1.07. The van der Waals surface area contributed by atoms with Crippen molar-refractivity contribution >= 4 is 20.8 Å². The maximum atomic E-state index is 13.7. The smallest absolute Gasteiger partial charge is 0.214 e. The average molecular weight is 625 g/mol. The van der Waals surface area contributed by atoms with E-state index in [4.69, 9.17) is 0 Å². The number of aliphatic hydroxyl groups is 1. The zero-order valence-corrected chi connectivity index (χ0v) is 27.4. The third-order valence-electron chi connectivity index (χ3n) is 10.6. The molecule has 2 fully saturated rings. The van der Waals surface area contributed by atoms with Crippen molar-refractivity contribution in [3.8, 4) is 0 Å². The lowest BCUT2D eigenvalue weighted by Crippen LogP contribution is -2.46. The quantitative estimate of drug-likeness (QED) is 0.183. The van der Waals surface area contributed by atoms with E-state index in [0.29, 0.717) is 18.3 Å². The van der Waals surface area contributed by atoms with E-state index in [0.717, 1.165) is 80.9 Å². The Bertz CT molecular complexity index is 1630. The predicted molar refractivity (Wildman–Crippen MR) is 185 cm³/mol. The monoisotopic (exact) mass is 624 g/mol. The molecule has 0 radical (unpaired) electrons. The molecule has 0 amide bonds. The summed E-state index contributed by atoms with van der Waals surface area (Å²) < 4.78 is 29.1. The number of aryl methyl sites for hydroxylation is 2. The van der Waals surface area contributed by atoms with Gasteiger partial charge in [-0.1, -0.05) is 103 Å². The van der Waals surface area contributed by atoms with Gasteiger partial charge in [0.05, 0.1) is 11.4 Å². The molecule has 1 saturated carbocycles. The second kappa shape index (κ2) is 14.2. The molecule has 0 bridgehead atoms. The Morgan fingerprint density at radius 1 is 0.822 bits per heavy atom. The average Bonchev–Trinajstić information content (AvgIpc) is 3.49. The van der Waals surface area contributed by atoms with Gasteiger partial charge in [0.2, 0.25) is 10.0 Å². The van der Waals surface area contributed by atoms with Crippen LogP contribution in [0, 0.1) is 5.92 Å². The van der Waals surface area contributed by atoms with Crippen molar-refractivity contribution in [1.29, 1.82) is 0 Å². The Kier molecular flexibility index (Phi) is 10.1. The zero-order valence-electron chi connectivity index (χ0n) is 26.6. The molecule has 4 aromatic carbocycles. The molecular weight excluding hydrogens is 577 g/mol. The Hall–Kier alpha value is -3.03. The molecule has 2 aliphatic rings. The number of piperidine rings is 1. The highest BCUT2D eigenvalue weighted by molar-refractivity contribution is 7.89. The Labute approximate surface area is 269 Å². The number of rotatable bonds is 12. The highest BCUT2D eigenvalue weighted by Crippen LogP contribution is 2.43. The summed E-state index contributed by atoms with van der Waals surface area (Å²) in [5.41, 5.74) is 3.14. The standard InChI is InChI=1S/C39H48N2O3S/c1-40(45(43,44)27-21-34-19-10-18-32-17-8-9-20-37(32)34)36-28-35(38(29-36)33-15-6-3-7-16-33)30-41-25-23-39(42,24-26-41)22-11-14-31-12-4-2-5-13-31/h2-10,12-13,15-20,35-36,38,42H,11,14,21-30H2,1H3/t35-,36?,38-/m1/s1. The first-order valence-electron chi connectivity index (χ1n) is 16.8. The minimum atomic E-state index is -3.43. The summed E-state index contributed by atoms with van der Waals surface area (Å²) in [5.74, 6) is 0.805. The van der Waals surface area contributed by atoms with Gasteiger partial charge in [0.15, 0.2) is 0 Å². The second-order valence-electron chi connectivity index (χ2n) is 13.5. The second-order valence-corrected chi connectivity index (χ2v) is 15.6. The SMILES string of the molecule is CN(C1C[C@H](CN2CCC(O)(CCCc3ccccc3)CC2)[C@@H](c2ccccc2)C1)S(=O)(=O)CCc1cccc2ccccc12. The van der Waals surface area contributed by atoms with Crippen molar-refractivity contribution in [3.05, 3.63) is 120 Å². The van der Waals surface area contributed by atoms with Gasteiger partial charge < -0.3 is 10.0 Å². The van der Waals surface area contributed by atoms with Crippen molar-refractivity contribution in [1.82, 2.24) is 9.21 Å². The Morgan fingerprint density at radius 2 is 1.49 bits per heavy atom. The molecule has 0 spiro atoms. The van der Waals surface area contributed by atoms with E-state index >= 15 is 0 Å². The molecule has 1 heterocycles. The van der Waals surface area contributed by atoms with Crippen molar-refractivity contribution in [2.24, 2.45) is 5.92 Å². The summed E-state index contributed by atoms with van der Waals surface area (Å²) >= 11 is 0. The summed E-state index contributed by atoms with van der Waals surface area (Å²) in [5, 5.41) is 13.6. The molecule has 6 heteroatoms. The molecule has 238 valence electrons. The van der Waals surface area contributed by atoms with Crippen LogP contribution < -0.4 is 0 Å². The first kappa shape index (κ1) is 31.9. The third kappa shape index (κ3) is 7.86. The summed E-state index contributed by atoms with van der Waals surface area (Å²) in [6.45, 7) is 2.73. The highest BCUT2D eigenvalue weighted by atomic mass is 32.2. The first-order valence-corrected chi connectivity index (χ1v) is 18.4. The van der Waals surface area contributed by atoms with E-state index in [9.17, 15) is 13.5 Å². The van der Waals surface area contributed by atoms with Gasteiger partial charge >= 0.3 is 0 Å². The lowest BCUT2D eigenvalue weighted by molar-refractivity contribution is -0.0318. The van der Waals surface area contributed by atoms with Gasteiger partial charge in [0, 0.05) is 32.7 Å². The molecule has 1 aliphatic carbocycles. The number of hydrogen-bond donors (Lipinski definition) is 1. The number of sulfonamides is 1. The van der Waals surface area contributed by atoms with Crippen LogP contribution in [-0.2, 0) is 22.9 Å². The third-order valence-corrected chi connectivity index (χ3v) is 12.5. The van der Waals surface area contributed by atoms with Gasteiger partial charge in [-0.15, -0.1) is 0 Å². The van der Waals surface area contributed by atoms with Gasteiger partial charge in [-0.3, -0.25) is 0 Å². The fourth-order valence-corrected chi connectivity index (χ4v) is 9.22. The van der Waals surface area contributed by atoms with Crippen molar-refractivity contribution in [2.75, 3.05) is 32.4 Å². The van der Waals surface area contributed by atoms with Crippen molar-refractivity contribution in [2.45, 2.75) is 68.9 Å². The molecule has 0 aromatic heterocycles. The molecular formula is C39H48N2O3S. The molecule has 4 aromatic rings. The van der Waals surface area contributed by atoms with Crippen molar-refractivity contribution in [3.63, 3.8) is 0 Å². The molecule has 1 saturated heterocycles. The van der Waals surface area contributed by atoms with Crippen LogP contribution in [0.3, 0.4) is 0 Å². The summed E-state index contributed by atoms with van der Waals surface area (Å²) in [6, 6.07) is 35.5. The maximum Gasteiger partial charge on any atom is 0.214 e. The largest absolute Gasteiger partial charge is 0.390 e. The lowest BCUT2D eigenvalue weighted by atomic mass is 9.84. The first-order chi connectivity index (χ1) is 21.8. The summed E-state index contributed by atoms with van der Waals surface area (Å²) in [4.78, 5) is 2.52. The lowest BCUT2D eigenvalue weighted by Gasteiger charge is -2.40. The van der Waals surface area contributed by atoms with Crippen LogP contribution in [-0.4, -0.2) is 66.8 Å². The molecule has 6 rings (SSSR count). The van der Waals surface area contributed by atoms with Crippen LogP contribution in [0.4, 0.5) is 0 Å². The van der Waals surface area contributed by atoms with E-state index in [2.05, 4.69) is 83.8 Å². The molecule has 1 N–H and O–H groups in total. The number of fused-ring (bicyclic) bond motifs is 1. The molecule has 45 heavy (non-hydrogen) atoms. The van der Waals surface area contributed by atoms with Crippen molar-refractivity contribution < 1.29 is 13.5 Å². The highest BCUT2D eigenvalue weighted by Gasteiger charge is 2.41. The van der Waals surface area contributed by atoms with Crippen LogP contribution >= 0.6 is 0 Å². The molecule has 3 atom stereocenters. The number of nitrogens with zero attached hydrogens (tertiary/aromatic N) is 2. The minimum Gasteiger partial charge on any atom is -0.390 e. The fraction of sp³-hybridized carbons (Fsp3) is 0.436. The molecule has 1 unspecified atom stereocenters. The zero-order chi connectivity index (χ0) is 31.3.